The molecule has 5 aromatic rings. The molecule has 0 atom stereocenters. The summed E-state index contributed by atoms with van der Waals surface area (Å²) in [5, 5.41) is 0. The number of nitrogens with zero attached hydrogens (tertiary/aromatic N) is 4. The zero-order valence-electron chi connectivity index (χ0n) is 20.0. The molecule has 0 bridgehead atoms. The summed E-state index contributed by atoms with van der Waals surface area (Å²) in [6.07, 6.45) is 2.48. The van der Waals surface area contributed by atoms with Crippen molar-refractivity contribution in [2.75, 3.05) is 18.1 Å². The highest BCUT2D eigenvalue weighted by atomic mass is 16.5. The van der Waals surface area contributed by atoms with Crippen molar-refractivity contribution in [3.05, 3.63) is 101 Å². The lowest BCUT2D eigenvalue weighted by atomic mass is 10.0. The first-order chi connectivity index (χ1) is 17.1. The second kappa shape index (κ2) is 8.87. The maximum absolute atomic E-state index is 6.13. The SMILES string of the molecule is Cc1nc2ccc(-c3ccc4c(c3)CN(c3ncnc(Cc5ccccc5)c3C)CCO4)cc2[nH]1. The van der Waals surface area contributed by atoms with Crippen LogP contribution < -0.4 is 9.64 Å². The van der Waals surface area contributed by atoms with Crippen molar-refractivity contribution < 1.29 is 4.74 Å². The fraction of sp³-hybridized carbons (Fsp3) is 0.207. The Balaban J connectivity index is 1.31. The highest BCUT2D eigenvalue weighted by Gasteiger charge is 2.20. The zero-order chi connectivity index (χ0) is 23.8. The summed E-state index contributed by atoms with van der Waals surface area (Å²) in [5.74, 6) is 2.84. The number of rotatable bonds is 4. The molecular formula is C29H27N5O. The number of H-pyrrole nitrogens is 1. The number of hydrogen-bond acceptors (Lipinski definition) is 5. The van der Waals surface area contributed by atoms with Gasteiger partial charge < -0.3 is 14.6 Å². The summed E-state index contributed by atoms with van der Waals surface area (Å²) in [6.45, 7) is 6.22. The van der Waals surface area contributed by atoms with E-state index in [2.05, 4.69) is 92.4 Å². The summed E-state index contributed by atoms with van der Waals surface area (Å²) >= 11 is 0. The van der Waals surface area contributed by atoms with Gasteiger partial charge in [0.1, 0.15) is 30.3 Å². The molecule has 6 rings (SSSR count). The van der Waals surface area contributed by atoms with Crippen molar-refractivity contribution in [3.63, 3.8) is 0 Å². The molecule has 0 fully saturated rings. The first-order valence-electron chi connectivity index (χ1n) is 12.0. The van der Waals surface area contributed by atoms with Crippen molar-refractivity contribution in [1.82, 2.24) is 19.9 Å². The molecule has 0 radical (unpaired) electrons. The Hall–Kier alpha value is -4.19. The first-order valence-corrected chi connectivity index (χ1v) is 12.0. The van der Waals surface area contributed by atoms with Gasteiger partial charge in [-0.3, -0.25) is 0 Å². The maximum Gasteiger partial charge on any atom is 0.135 e. The summed E-state index contributed by atoms with van der Waals surface area (Å²) in [7, 11) is 0. The summed E-state index contributed by atoms with van der Waals surface area (Å²) < 4.78 is 6.13. The van der Waals surface area contributed by atoms with Gasteiger partial charge in [-0.25, -0.2) is 15.0 Å². The zero-order valence-corrected chi connectivity index (χ0v) is 20.0. The molecule has 3 heterocycles. The van der Waals surface area contributed by atoms with Crippen LogP contribution in [0.2, 0.25) is 0 Å². The van der Waals surface area contributed by atoms with Gasteiger partial charge in [-0.2, -0.15) is 0 Å². The summed E-state index contributed by atoms with van der Waals surface area (Å²) in [4.78, 5) is 19.5. The minimum Gasteiger partial charge on any atom is -0.491 e. The largest absolute Gasteiger partial charge is 0.491 e. The fourth-order valence-corrected chi connectivity index (χ4v) is 4.83. The Bertz CT molecular complexity index is 1510. The lowest BCUT2D eigenvalue weighted by Gasteiger charge is -2.23. The van der Waals surface area contributed by atoms with Crippen molar-refractivity contribution in [3.8, 4) is 16.9 Å². The topological polar surface area (TPSA) is 66.9 Å². The number of aromatic amines is 1. The standard InChI is InChI=1S/C29H27N5O/c1-19-26(14-21-6-4-3-5-7-21)30-18-31-29(19)34-12-13-35-28-11-9-22(15-24(28)17-34)23-8-10-25-27(16-23)33-20(2)32-25/h3-11,15-16,18H,12-14,17H2,1-2H3,(H,32,33). The molecule has 0 saturated heterocycles. The minimum absolute atomic E-state index is 0.614. The van der Waals surface area contributed by atoms with Gasteiger partial charge in [0.25, 0.3) is 0 Å². The number of nitrogens with one attached hydrogen (secondary N) is 1. The molecular weight excluding hydrogens is 434 g/mol. The van der Waals surface area contributed by atoms with Crippen LogP contribution in [0.5, 0.6) is 5.75 Å². The number of ether oxygens (including phenoxy) is 1. The van der Waals surface area contributed by atoms with Gasteiger partial charge >= 0.3 is 0 Å². The summed E-state index contributed by atoms with van der Waals surface area (Å²) in [5.41, 5.74) is 8.94. The van der Waals surface area contributed by atoms with Crippen LogP contribution in [0.25, 0.3) is 22.2 Å². The fourth-order valence-electron chi connectivity index (χ4n) is 4.83. The second-order valence-corrected chi connectivity index (χ2v) is 9.08. The molecule has 1 aliphatic rings. The van der Waals surface area contributed by atoms with Crippen LogP contribution in [-0.4, -0.2) is 33.1 Å². The van der Waals surface area contributed by atoms with Gasteiger partial charge in [-0.1, -0.05) is 42.5 Å². The number of aromatic nitrogens is 4. The third-order valence-electron chi connectivity index (χ3n) is 6.65. The monoisotopic (exact) mass is 461 g/mol. The first kappa shape index (κ1) is 21.4. The van der Waals surface area contributed by atoms with E-state index in [-0.39, 0.29) is 0 Å². The Morgan fingerprint density at radius 1 is 0.943 bits per heavy atom. The quantitative estimate of drug-likeness (QED) is 0.376. The van der Waals surface area contributed by atoms with Gasteiger partial charge in [0, 0.05) is 24.1 Å². The Labute approximate surface area is 204 Å². The van der Waals surface area contributed by atoms with Crippen LogP contribution in [-0.2, 0) is 13.0 Å². The van der Waals surface area contributed by atoms with Gasteiger partial charge in [0.05, 0.1) is 23.3 Å². The van der Waals surface area contributed by atoms with Crippen LogP contribution in [0.1, 0.15) is 28.2 Å². The number of benzene rings is 3. The summed E-state index contributed by atoms with van der Waals surface area (Å²) in [6, 6.07) is 23.3. The molecule has 2 aromatic heterocycles. The Kier molecular flexibility index (Phi) is 5.41. The van der Waals surface area contributed by atoms with E-state index in [9.17, 15) is 0 Å². The number of fused-ring (bicyclic) bond motifs is 2. The van der Waals surface area contributed by atoms with E-state index in [1.54, 1.807) is 6.33 Å². The average molecular weight is 462 g/mol. The van der Waals surface area contributed by atoms with E-state index in [1.807, 2.05) is 13.0 Å². The van der Waals surface area contributed by atoms with E-state index in [4.69, 9.17) is 4.74 Å². The number of hydrogen-bond donors (Lipinski definition) is 1. The van der Waals surface area contributed by atoms with Crippen LogP contribution in [0.4, 0.5) is 5.82 Å². The highest BCUT2D eigenvalue weighted by molar-refractivity contribution is 5.82. The average Bonchev–Trinajstić information content (AvgIpc) is 3.12. The van der Waals surface area contributed by atoms with Crippen LogP contribution in [0, 0.1) is 13.8 Å². The van der Waals surface area contributed by atoms with E-state index in [0.29, 0.717) is 6.61 Å². The lowest BCUT2D eigenvalue weighted by molar-refractivity contribution is 0.331. The normalized spacial score (nSPS) is 13.4. The van der Waals surface area contributed by atoms with Crippen molar-refractivity contribution in [2.24, 2.45) is 0 Å². The van der Waals surface area contributed by atoms with E-state index in [0.717, 1.165) is 75.9 Å². The molecule has 6 heteroatoms. The number of anilines is 1. The van der Waals surface area contributed by atoms with Crippen molar-refractivity contribution >= 4 is 16.9 Å². The smallest absolute Gasteiger partial charge is 0.135 e. The van der Waals surface area contributed by atoms with Gasteiger partial charge in [-0.05, 0) is 54.8 Å². The van der Waals surface area contributed by atoms with Gasteiger partial charge in [0.2, 0.25) is 0 Å². The molecule has 0 saturated carbocycles. The van der Waals surface area contributed by atoms with E-state index < -0.39 is 0 Å². The lowest BCUT2D eigenvalue weighted by Crippen LogP contribution is -2.27. The van der Waals surface area contributed by atoms with Crippen molar-refractivity contribution in [1.29, 1.82) is 0 Å². The second-order valence-electron chi connectivity index (χ2n) is 9.08. The van der Waals surface area contributed by atoms with Crippen LogP contribution in [0.3, 0.4) is 0 Å². The minimum atomic E-state index is 0.614. The molecule has 6 nitrogen and oxygen atoms in total. The molecule has 0 spiro atoms. The van der Waals surface area contributed by atoms with Crippen LogP contribution >= 0.6 is 0 Å². The molecule has 1 N–H and O–H groups in total. The van der Waals surface area contributed by atoms with Crippen molar-refractivity contribution in [2.45, 2.75) is 26.8 Å². The highest BCUT2D eigenvalue weighted by Crippen LogP contribution is 2.32. The van der Waals surface area contributed by atoms with E-state index in [1.165, 1.54) is 5.56 Å². The maximum atomic E-state index is 6.13. The molecule has 0 aliphatic carbocycles. The Morgan fingerprint density at radius 3 is 2.66 bits per heavy atom. The van der Waals surface area contributed by atoms with Crippen LogP contribution in [0.15, 0.2) is 73.1 Å². The molecule has 35 heavy (non-hydrogen) atoms. The van der Waals surface area contributed by atoms with Gasteiger partial charge in [0.15, 0.2) is 0 Å². The molecule has 1 aliphatic heterocycles. The Morgan fingerprint density at radius 2 is 1.77 bits per heavy atom. The predicted octanol–water partition coefficient (Wildman–Crippen LogP) is 5.63. The molecule has 0 amide bonds. The molecule has 0 unspecified atom stereocenters. The molecule has 174 valence electrons. The van der Waals surface area contributed by atoms with E-state index >= 15 is 0 Å². The third kappa shape index (κ3) is 4.23. The molecule has 3 aromatic carbocycles. The third-order valence-corrected chi connectivity index (χ3v) is 6.65. The number of aryl methyl sites for hydroxylation is 1. The predicted molar refractivity (Wildman–Crippen MR) is 139 cm³/mol. The number of imidazole rings is 1. The van der Waals surface area contributed by atoms with Gasteiger partial charge in [-0.15, -0.1) is 0 Å².